The molecule has 0 N–H and O–H groups in total. The predicted molar refractivity (Wildman–Crippen MR) is 249 cm³/mol. The third-order valence-electron chi connectivity index (χ3n) is 11.3. The van der Waals surface area contributed by atoms with Gasteiger partial charge in [0.1, 0.15) is 5.82 Å². The number of fused-ring (bicyclic) bond motifs is 6. The average Bonchev–Trinajstić information content (AvgIpc) is 3.96. The molecule has 10 aromatic rings. The summed E-state index contributed by atoms with van der Waals surface area (Å²) in [6.45, 7) is 8.86. The first kappa shape index (κ1) is 38.7. The first-order valence-corrected chi connectivity index (χ1v) is 21.0. The Labute approximate surface area is 374 Å². The summed E-state index contributed by atoms with van der Waals surface area (Å²) in [5.74, 6) is 2.08. The largest absolute Gasteiger partial charge is 0.509 e. The van der Waals surface area contributed by atoms with Gasteiger partial charge in [0, 0.05) is 70.6 Å². The number of nitrogens with zero attached hydrogens (tertiary/aromatic N) is 4. The molecule has 1 aliphatic heterocycles. The smallest absolute Gasteiger partial charge is 0.135 e. The molecule has 0 saturated heterocycles. The van der Waals surface area contributed by atoms with Gasteiger partial charge in [-0.1, -0.05) is 123 Å². The van der Waals surface area contributed by atoms with Gasteiger partial charge in [0.25, 0.3) is 0 Å². The molecule has 300 valence electrons. The topological polar surface area (TPSA) is 33.5 Å². The van der Waals surface area contributed by atoms with E-state index in [1.54, 1.807) is 11.3 Å². The van der Waals surface area contributed by atoms with E-state index in [-0.39, 0.29) is 26.5 Å². The van der Waals surface area contributed by atoms with Crippen LogP contribution in [0.2, 0.25) is 0 Å². The standard InChI is InChI=1S/C54H39N4OS.Pt/c1-54(2,3)40-27-28-55-51(32-40)58-49-34-44(25-26-45(49)53-52(58)46-21-10-13-24-50(46)60-53)59-43-20-14-19-41(33-43)56-35-57(48-23-12-11-22-47(48)56)42-30-38(36-15-6-4-7-16-36)29-39(31-42)37-17-8-5-9-18-37;/h4-32,35H,1-3H3;/q-3;. The van der Waals surface area contributed by atoms with Gasteiger partial charge in [-0.25, -0.2) is 4.98 Å². The Morgan fingerprint density at radius 1 is 0.590 bits per heavy atom. The van der Waals surface area contributed by atoms with Crippen LogP contribution in [0.3, 0.4) is 0 Å². The van der Waals surface area contributed by atoms with E-state index >= 15 is 0 Å². The van der Waals surface area contributed by atoms with Crippen LogP contribution < -0.4 is 14.5 Å². The first-order valence-electron chi connectivity index (χ1n) is 20.2. The van der Waals surface area contributed by atoms with Crippen molar-refractivity contribution >= 4 is 65.3 Å². The summed E-state index contributed by atoms with van der Waals surface area (Å²) in [6, 6.07) is 66.9. The van der Waals surface area contributed by atoms with Gasteiger partial charge < -0.3 is 19.1 Å². The third-order valence-corrected chi connectivity index (χ3v) is 12.5. The molecule has 0 bridgehead atoms. The van der Waals surface area contributed by atoms with Crippen LogP contribution in [0.1, 0.15) is 26.3 Å². The van der Waals surface area contributed by atoms with E-state index in [9.17, 15) is 0 Å². The van der Waals surface area contributed by atoms with Crippen LogP contribution in [-0.2, 0) is 26.5 Å². The Hall–Kier alpha value is -6.46. The summed E-state index contributed by atoms with van der Waals surface area (Å²) in [7, 11) is 0. The van der Waals surface area contributed by atoms with Crippen molar-refractivity contribution in [3.05, 3.63) is 200 Å². The van der Waals surface area contributed by atoms with E-state index in [4.69, 9.17) is 9.72 Å². The van der Waals surface area contributed by atoms with Gasteiger partial charge in [-0.05, 0) is 81.8 Å². The fraction of sp³-hybridized carbons (Fsp3) is 0.0741. The zero-order chi connectivity index (χ0) is 40.4. The van der Waals surface area contributed by atoms with Crippen molar-refractivity contribution in [1.82, 2.24) is 9.55 Å². The molecule has 4 heterocycles. The zero-order valence-corrected chi connectivity index (χ0v) is 36.8. The molecule has 0 unspecified atom stereocenters. The maximum absolute atomic E-state index is 6.65. The van der Waals surface area contributed by atoms with Crippen molar-refractivity contribution in [2.75, 3.05) is 9.80 Å². The number of rotatable bonds is 7. The molecule has 7 heteroatoms. The average molecular weight is 987 g/mol. The van der Waals surface area contributed by atoms with Crippen LogP contribution in [0, 0.1) is 18.8 Å². The Balaban J connectivity index is 0.00000445. The summed E-state index contributed by atoms with van der Waals surface area (Å²) in [5.41, 5.74) is 12.0. The number of aromatic nitrogens is 2. The number of benzene rings is 7. The Morgan fingerprint density at radius 2 is 1.25 bits per heavy atom. The molecule has 0 aliphatic carbocycles. The summed E-state index contributed by atoms with van der Waals surface area (Å²) in [6.07, 6.45) is 1.92. The second-order valence-corrected chi connectivity index (χ2v) is 17.2. The van der Waals surface area contributed by atoms with Gasteiger partial charge in [-0.15, -0.1) is 54.0 Å². The van der Waals surface area contributed by atoms with Gasteiger partial charge >= 0.3 is 0 Å². The molecule has 0 radical (unpaired) electrons. The summed E-state index contributed by atoms with van der Waals surface area (Å²) in [4.78, 5) is 9.38. The fourth-order valence-electron chi connectivity index (χ4n) is 8.28. The normalized spacial score (nSPS) is 12.6. The quantitative estimate of drug-likeness (QED) is 0.149. The number of anilines is 4. The molecule has 0 saturated carbocycles. The van der Waals surface area contributed by atoms with Crippen LogP contribution >= 0.6 is 11.3 Å². The van der Waals surface area contributed by atoms with E-state index < -0.39 is 0 Å². The van der Waals surface area contributed by atoms with Crippen molar-refractivity contribution in [2.45, 2.75) is 26.2 Å². The number of pyridine rings is 1. The number of ether oxygens (including phenoxy) is 1. The Morgan fingerprint density at radius 3 is 1.97 bits per heavy atom. The fourth-order valence-corrected chi connectivity index (χ4v) is 9.49. The SMILES string of the molecule is CC(C)(C)c1ccnc(-n2c3[c-]c(Oc4[c-]c(N5[CH-]N(c6cc(-c7ccccc7)cc(-c7ccccc7)c6)c6ccccc65)ccc4)ccc3c3sc4ccccc4c32)c1.[Pt]. The van der Waals surface area contributed by atoms with Gasteiger partial charge in [-0.3, -0.25) is 0 Å². The minimum absolute atomic E-state index is 0. The zero-order valence-electron chi connectivity index (χ0n) is 33.7. The van der Waals surface area contributed by atoms with Crippen molar-refractivity contribution in [2.24, 2.45) is 0 Å². The minimum atomic E-state index is -0.0308. The molecule has 7 aromatic carbocycles. The van der Waals surface area contributed by atoms with E-state index in [2.05, 4.69) is 206 Å². The van der Waals surface area contributed by atoms with Crippen LogP contribution in [0.5, 0.6) is 11.5 Å². The molecule has 0 amide bonds. The number of hydrogen-bond acceptors (Lipinski definition) is 5. The summed E-state index contributed by atoms with van der Waals surface area (Å²) >= 11 is 1.81. The van der Waals surface area contributed by atoms with Crippen LogP contribution in [0.4, 0.5) is 22.7 Å². The van der Waals surface area contributed by atoms with Gasteiger partial charge in [0.2, 0.25) is 0 Å². The van der Waals surface area contributed by atoms with Crippen LogP contribution in [0.25, 0.3) is 59.3 Å². The third kappa shape index (κ3) is 7.00. The molecular weight excluding hydrogens is 948 g/mol. The minimum Gasteiger partial charge on any atom is -0.509 e. The van der Waals surface area contributed by atoms with Crippen molar-refractivity contribution < 1.29 is 25.8 Å². The predicted octanol–water partition coefficient (Wildman–Crippen LogP) is 14.8. The number of para-hydroxylation sites is 2. The molecule has 11 rings (SSSR count). The Kier molecular flexibility index (Phi) is 9.86. The number of hydrogen-bond donors (Lipinski definition) is 0. The molecule has 5 nitrogen and oxygen atoms in total. The van der Waals surface area contributed by atoms with Crippen molar-refractivity contribution in [1.29, 1.82) is 0 Å². The maximum atomic E-state index is 6.65. The van der Waals surface area contributed by atoms with E-state index in [1.807, 2.05) is 24.4 Å². The van der Waals surface area contributed by atoms with Crippen molar-refractivity contribution in [3.63, 3.8) is 0 Å². The first-order chi connectivity index (χ1) is 29.4. The molecular formula is C54H39N4OPtS-3. The van der Waals surface area contributed by atoms with Crippen LogP contribution in [0.15, 0.2) is 176 Å². The Bertz CT molecular complexity index is 3170. The second-order valence-electron chi connectivity index (χ2n) is 16.2. The van der Waals surface area contributed by atoms with E-state index in [0.29, 0.717) is 11.5 Å². The summed E-state index contributed by atoms with van der Waals surface area (Å²) < 4.78 is 11.4. The molecule has 61 heavy (non-hydrogen) atoms. The molecule has 0 spiro atoms. The van der Waals surface area contributed by atoms with Gasteiger partial charge in [0.15, 0.2) is 0 Å². The molecule has 0 fully saturated rings. The van der Waals surface area contributed by atoms with E-state index in [1.165, 1.54) is 31.5 Å². The van der Waals surface area contributed by atoms with Gasteiger partial charge in [0.05, 0.1) is 5.52 Å². The maximum Gasteiger partial charge on any atom is 0.135 e. The molecule has 3 aromatic heterocycles. The number of thiophene rings is 1. The second kappa shape index (κ2) is 15.5. The molecule has 1 aliphatic rings. The monoisotopic (exact) mass is 986 g/mol. The summed E-state index contributed by atoms with van der Waals surface area (Å²) in [5, 5.41) is 2.32. The van der Waals surface area contributed by atoms with Gasteiger partial charge in [-0.2, -0.15) is 12.1 Å². The molecule has 0 atom stereocenters. The van der Waals surface area contributed by atoms with Crippen molar-refractivity contribution in [3.8, 4) is 39.6 Å². The van der Waals surface area contributed by atoms with Crippen LogP contribution in [-0.4, -0.2) is 9.55 Å². The van der Waals surface area contributed by atoms with E-state index in [0.717, 1.165) is 56.1 Å².